The Kier molecular flexibility index (Phi) is 6.79. The number of nitrogens with zero attached hydrogens (tertiary/aromatic N) is 3. The summed E-state index contributed by atoms with van der Waals surface area (Å²) in [6.07, 6.45) is 1.69. The molecule has 0 unspecified atom stereocenters. The Bertz CT molecular complexity index is 1480. The van der Waals surface area contributed by atoms with Crippen molar-refractivity contribution in [2.24, 2.45) is 4.99 Å². The molecule has 0 fully saturated rings. The van der Waals surface area contributed by atoms with Gasteiger partial charge in [-0.25, -0.2) is 9.79 Å². The van der Waals surface area contributed by atoms with Crippen molar-refractivity contribution in [2.45, 2.75) is 19.9 Å². The molecule has 1 aliphatic rings. The van der Waals surface area contributed by atoms with Gasteiger partial charge in [-0.3, -0.25) is 9.36 Å². The smallest absolute Gasteiger partial charge is 0.338 e. The minimum atomic E-state index is -0.673. The van der Waals surface area contributed by atoms with E-state index in [1.165, 1.54) is 24.5 Å². The lowest BCUT2D eigenvalue weighted by Gasteiger charge is -2.25. The van der Waals surface area contributed by atoms with Crippen molar-refractivity contribution in [3.05, 3.63) is 84.5 Å². The number of carbonyl (C=O) groups excluding carboxylic acids is 1. The van der Waals surface area contributed by atoms with Crippen LogP contribution < -0.4 is 24.5 Å². The number of aromatic hydroxyl groups is 1. The van der Waals surface area contributed by atoms with Crippen LogP contribution in [0.15, 0.2) is 63.5 Å². The van der Waals surface area contributed by atoms with E-state index in [-0.39, 0.29) is 17.9 Å². The van der Waals surface area contributed by atoms with E-state index >= 15 is 0 Å². The maximum absolute atomic E-state index is 13.6. The first kappa shape index (κ1) is 24.3. The van der Waals surface area contributed by atoms with Crippen molar-refractivity contribution >= 4 is 29.1 Å². The Hall–Kier alpha value is -3.85. The zero-order valence-corrected chi connectivity index (χ0v) is 21.0. The topological polar surface area (TPSA) is 93.4 Å². The van der Waals surface area contributed by atoms with E-state index in [4.69, 9.17) is 9.47 Å². The summed E-state index contributed by atoms with van der Waals surface area (Å²) in [6.45, 7) is 3.72. The molecule has 8 nitrogen and oxygen atoms in total. The van der Waals surface area contributed by atoms with Gasteiger partial charge < -0.3 is 19.5 Å². The standard InChI is InChI=1S/C26H27N3O5S/c1-6-34-25(32)22-15(2)27-26-29(23(22)17-8-10-18(11-9-17)28(3)4)24(31)21(35-26)14-16-7-12-20(33-5)19(30)13-16/h7-14,23,30H,6H2,1-5H3/b21-14-/t23-/m1/s1. The Balaban J connectivity index is 1.91. The quantitative estimate of drug-likeness (QED) is 0.531. The van der Waals surface area contributed by atoms with Crippen LogP contribution in [0.5, 0.6) is 11.5 Å². The minimum Gasteiger partial charge on any atom is -0.504 e. The molecule has 2 heterocycles. The maximum Gasteiger partial charge on any atom is 0.338 e. The number of aromatic nitrogens is 1. The molecule has 1 aliphatic heterocycles. The third kappa shape index (κ3) is 4.59. The average molecular weight is 494 g/mol. The number of anilines is 1. The number of benzene rings is 2. The molecule has 3 aromatic rings. The lowest BCUT2D eigenvalue weighted by molar-refractivity contribution is -0.139. The fourth-order valence-corrected chi connectivity index (χ4v) is 5.06. The third-order valence-corrected chi connectivity index (χ3v) is 6.73. The highest BCUT2D eigenvalue weighted by atomic mass is 32.1. The molecule has 0 amide bonds. The van der Waals surface area contributed by atoms with Gasteiger partial charge in [-0.1, -0.05) is 29.5 Å². The van der Waals surface area contributed by atoms with Gasteiger partial charge in [0.15, 0.2) is 16.3 Å². The lowest BCUT2D eigenvalue weighted by Crippen LogP contribution is -2.39. The van der Waals surface area contributed by atoms with E-state index in [0.29, 0.717) is 31.9 Å². The van der Waals surface area contributed by atoms with Gasteiger partial charge >= 0.3 is 5.97 Å². The molecule has 1 aromatic heterocycles. The second-order valence-corrected chi connectivity index (χ2v) is 9.23. The van der Waals surface area contributed by atoms with Crippen LogP contribution in [-0.2, 0) is 9.53 Å². The number of allylic oxidation sites excluding steroid dienone is 1. The number of phenolic OH excluding ortho intramolecular Hbond substituents is 1. The van der Waals surface area contributed by atoms with E-state index in [9.17, 15) is 14.7 Å². The van der Waals surface area contributed by atoms with Crippen LogP contribution in [0.2, 0.25) is 0 Å². The highest BCUT2D eigenvalue weighted by Gasteiger charge is 2.33. The fourth-order valence-electron chi connectivity index (χ4n) is 4.01. The van der Waals surface area contributed by atoms with Crippen molar-refractivity contribution < 1.29 is 19.4 Å². The second kappa shape index (κ2) is 9.79. The molecule has 35 heavy (non-hydrogen) atoms. The van der Waals surface area contributed by atoms with Crippen molar-refractivity contribution in [1.82, 2.24) is 4.57 Å². The van der Waals surface area contributed by atoms with Crippen LogP contribution in [0, 0.1) is 0 Å². The van der Waals surface area contributed by atoms with E-state index < -0.39 is 12.0 Å². The molecule has 0 radical (unpaired) electrons. The zero-order valence-electron chi connectivity index (χ0n) is 20.2. The van der Waals surface area contributed by atoms with Gasteiger partial charge in [-0.05, 0) is 55.3 Å². The number of rotatable bonds is 6. The van der Waals surface area contributed by atoms with Gasteiger partial charge in [-0.15, -0.1) is 0 Å². The summed E-state index contributed by atoms with van der Waals surface area (Å²) in [6, 6.07) is 12.0. The summed E-state index contributed by atoms with van der Waals surface area (Å²) in [5.74, 6) is -0.169. The van der Waals surface area contributed by atoms with Crippen molar-refractivity contribution in [3.8, 4) is 11.5 Å². The molecule has 0 aliphatic carbocycles. The number of thiazole rings is 1. The Morgan fingerprint density at radius 3 is 2.54 bits per heavy atom. The molecule has 0 saturated heterocycles. The molecule has 9 heteroatoms. The van der Waals surface area contributed by atoms with Crippen LogP contribution in [-0.4, -0.2) is 43.5 Å². The second-order valence-electron chi connectivity index (χ2n) is 8.22. The Labute approximate surface area is 206 Å². The van der Waals surface area contributed by atoms with Gasteiger partial charge in [0.1, 0.15) is 0 Å². The molecular formula is C26H27N3O5S. The molecule has 1 atom stereocenters. The molecule has 0 saturated carbocycles. The summed E-state index contributed by atoms with van der Waals surface area (Å²) in [5, 5.41) is 10.1. The molecule has 182 valence electrons. The largest absolute Gasteiger partial charge is 0.504 e. The zero-order chi connectivity index (χ0) is 25.3. The summed E-state index contributed by atoms with van der Waals surface area (Å²) >= 11 is 1.23. The Morgan fingerprint density at radius 1 is 1.23 bits per heavy atom. The van der Waals surface area contributed by atoms with Gasteiger partial charge in [-0.2, -0.15) is 0 Å². The lowest BCUT2D eigenvalue weighted by atomic mass is 9.95. The van der Waals surface area contributed by atoms with Crippen LogP contribution in [0.25, 0.3) is 6.08 Å². The normalized spacial score (nSPS) is 15.5. The molecule has 1 N–H and O–H groups in total. The SMILES string of the molecule is CCOC(=O)C1=C(C)N=c2s/c(=C\c3ccc(OC)c(O)c3)c(=O)n2[C@@H]1c1ccc(N(C)C)cc1. The molecular weight excluding hydrogens is 466 g/mol. The molecule has 0 bridgehead atoms. The van der Waals surface area contributed by atoms with Crippen molar-refractivity contribution in [2.75, 3.05) is 32.7 Å². The molecule has 4 rings (SSSR count). The fraction of sp³-hybridized carbons (Fsp3) is 0.269. The van der Waals surface area contributed by atoms with Crippen LogP contribution in [0.3, 0.4) is 0 Å². The molecule has 2 aromatic carbocycles. The molecule has 0 spiro atoms. The summed E-state index contributed by atoms with van der Waals surface area (Å²) in [4.78, 5) is 33.7. The maximum atomic E-state index is 13.6. The summed E-state index contributed by atoms with van der Waals surface area (Å²) < 4.78 is 12.4. The first-order valence-electron chi connectivity index (χ1n) is 11.1. The van der Waals surface area contributed by atoms with E-state index in [1.54, 1.807) is 36.6 Å². The Morgan fingerprint density at radius 2 is 1.94 bits per heavy atom. The highest BCUT2D eigenvalue weighted by Crippen LogP contribution is 2.32. The van der Waals surface area contributed by atoms with Crippen LogP contribution in [0.1, 0.15) is 31.0 Å². The summed E-state index contributed by atoms with van der Waals surface area (Å²) in [7, 11) is 5.37. The summed E-state index contributed by atoms with van der Waals surface area (Å²) in [5.41, 5.74) is 2.99. The van der Waals surface area contributed by atoms with E-state index in [0.717, 1.165) is 11.3 Å². The number of ether oxygens (including phenoxy) is 2. The van der Waals surface area contributed by atoms with Gasteiger partial charge in [0.2, 0.25) is 0 Å². The van der Waals surface area contributed by atoms with Crippen LogP contribution in [0.4, 0.5) is 5.69 Å². The predicted molar refractivity (Wildman–Crippen MR) is 136 cm³/mol. The predicted octanol–water partition coefficient (Wildman–Crippen LogP) is 2.58. The number of carbonyl (C=O) groups is 1. The first-order chi connectivity index (χ1) is 16.7. The van der Waals surface area contributed by atoms with E-state index in [1.807, 2.05) is 43.3 Å². The number of phenols is 1. The number of hydrogen-bond acceptors (Lipinski definition) is 8. The van der Waals surface area contributed by atoms with E-state index in [2.05, 4.69) is 4.99 Å². The van der Waals surface area contributed by atoms with Crippen molar-refractivity contribution in [3.63, 3.8) is 0 Å². The third-order valence-electron chi connectivity index (χ3n) is 5.74. The highest BCUT2D eigenvalue weighted by molar-refractivity contribution is 7.07. The van der Waals surface area contributed by atoms with Crippen LogP contribution >= 0.6 is 11.3 Å². The number of esters is 1. The number of hydrogen-bond donors (Lipinski definition) is 1. The minimum absolute atomic E-state index is 0.0201. The van der Waals surface area contributed by atoms with Gasteiger partial charge in [0, 0.05) is 19.8 Å². The van der Waals surface area contributed by atoms with Crippen molar-refractivity contribution in [1.29, 1.82) is 0 Å². The average Bonchev–Trinajstić information content (AvgIpc) is 3.12. The van der Waals surface area contributed by atoms with Gasteiger partial charge in [0.25, 0.3) is 5.56 Å². The first-order valence-corrected chi connectivity index (χ1v) is 11.9. The number of methoxy groups -OCH3 is 1. The van der Waals surface area contributed by atoms with Gasteiger partial charge in [0.05, 0.1) is 35.6 Å². The monoisotopic (exact) mass is 493 g/mol. The number of fused-ring (bicyclic) bond motifs is 1.